The Hall–Kier alpha value is -1.75. The molecule has 2 saturated heterocycles. The van der Waals surface area contributed by atoms with Crippen LogP contribution in [0.5, 0.6) is 11.5 Å². The molecule has 2 atom stereocenters. The largest absolute Gasteiger partial charge is 0.497 e. The number of guanidine groups is 1. The van der Waals surface area contributed by atoms with Crippen molar-refractivity contribution in [2.75, 3.05) is 53.5 Å². The van der Waals surface area contributed by atoms with E-state index >= 15 is 0 Å². The topological polar surface area (TPSA) is 75.6 Å². The first-order valence-corrected chi connectivity index (χ1v) is 10.3. The van der Waals surface area contributed by atoms with Gasteiger partial charge >= 0.3 is 0 Å². The van der Waals surface area contributed by atoms with Crippen LogP contribution in [0.15, 0.2) is 29.3 Å². The van der Waals surface area contributed by atoms with Crippen LogP contribution in [0.2, 0.25) is 0 Å². The number of aliphatic imine (C=N–C) groups is 1. The van der Waals surface area contributed by atoms with Crippen LogP contribution in [0, 0.1) is 0 Å². The lowest BCUT2D eigenvalue weighted by atomic mass is 10.2. The van der Waals surface area contributed by atoms with Crippen LogP contribution in [-0.4, -0.2) is 87.4 Å². The van der Waals surface area contributed by atoms with E-state index in [-0.39, 0.29) is 42.1 Å². The zero-order valence-electron chi connectivity index (χ0n) is 18.0. The predicted octanol–water partition coefficient (Wildman–Crippen LogP) is 1.98. The molecule has 168 valence electrons. The molecular weight excluding hydrogens is 499 g/mol. The number of ether oxygens (including phenoxy) is 3. The molecule has 2 unspecified atom stereocenters. The molecule has 0 radical (unpaired) electrons. The maximum absolute atomic E-state index is 12.5. The molecule has 2 fully saturated rings. The number of benzene rings is 1. The maximum atomic E-state index is 12.5. The van der Waals surface area contributed by atoms with Crippen molar-refractivity contribution in [1.82, 2.24) is 15.1 Å². The normalized spacial score (nSPS) is 20.4. The van der Waals surface area contributed by atoms with Gasteiger partial charge < -0.3 is 29.3 Å². The first kappa shape index (κ1) is 24.5. The molecule has 0 aliphatic carbocycles. The van der Waals surface area contributed by atoms with Gasteiger partial charge in [0.2, 0.25) is 0 Å². The zero-order chi connectivity index (χ0) is 20.6. The van der Waals surface area contributed by atoms with Gasteiger partial charge in [-0.2, -0.15) is 0 Å². The number of carbonyl (C=O) groups is 1. The molecule has 1 amide bonds. The lowest BCUT2D eigenvalue weighted by molar-refractivity contribution is -0.142. The summed E-state index contributed by atoms with van der Waals surface area (Å²) in [6.45, 7) is 6.24. The molecule has 0 saturated carbocycles. The standard InChI is InChI=1S/C21H32N4O4.HI/c1-16(29-18-8-6-17(27-3)7-9-18)15-23-21(22-2)25-12-10-24(11-13-25)20(26)19-5-4-14-28-19;/h6-9,16,19H,4-5,10-15H2,1-3H3,(H,22,23);1H. The lowest BCUT2D eigenvalue weighted by Gasteiger charge is -2.37. The number of carbonyl (C=O) groups excluding carboxylic acids is 1. The molecule has 2 aliphatic rings. The van der Waals surface area contributed by atoms with Gasteiger partial charge in [0.15, 0.2) is 5.96 Å². The highest BCUT2D eigenvalue weighted by molar-refractivity contribution is 14.0. The Labute approximate surface area is 196 Å². The minimum Gasteiger partial charge on any atom is -0.497 e. The Kier molecular flexibility index (Phi) is 9.96. The summed E-state index contributed by atoms with van der Waals surface area (Å²) in [6.07, 6.45) is 1.55. The number of hydrogen-bond donors (Lipinski definition) is 1. The Morgan fingerprint density at radius 2 is 1.83 bits per heavy atom. The molecular formula is C21H33IN4O4. The number of methoxy groups -OCH3 is 1. The molecule has 2 heterocycles. The number of piperazine rings is 1. The Bertz CT molecular complexity index is 687. The molecule has 0 aromatic heterocycles. The summed E-state index contributed by atoms with van der Waals surface area (Å²) < 4.78 is 16.6. The zero-order valence-corrected chi connectivity index (χ0v) is 20.3. The van der Waals surface area contributed by atoms with Crippen LogP contribution in [0.1, 0.15) is 19.8 Å². The molecule has 8 nitrogen and oxygen atoms in total. The van der Waals surface area contributed by atoms with E-state index in [0.717, 1.165) is 43.4 Å². The number of nitrogens with one attached hydrogen (secondary N) is 1. The third kappa shape index (κ3) is 6.63. The summed E-state index contributed by atoms with van der Waals surface area (Å²) in [5, 5.41) is 3.38. The summed E-state index contributed by atoms with van der Waals surface area (Å²) in [6, 6.07) is 7.56. The monoisotopic (exact) mass is 532 g/mol. The number of hydrogen-bond acceptors (Lipinski definition) is 5. The van der Waals surface area contributed by atoms with E-state index in [4.69, 9.17) is 14.2 Å². The van der Waals surface area contributed by atoms with Gasteiger partial charge in [0.25, 0.3) is 5.91 Å². The van der Waals surface area contributed by atoms with Crippen molar-refractivity contribution in [2.24, 2.45) is 4.99 Å². The summed E-state index contributed by atoms with van der Waals surface area (Å²) in [4.78, 5) is 21.0. The Balaban J connectivity index is 0.00000320. The van der Waals surface area contributed by atoms with Crippen molar-refractivity contribution in [2.45, 2.75) is 32.0 Å². The van der Waals surface area contributed by atoms with Gasteiger partial charge in [0, 0.05) is 39.8 Å². The predicted molar refractivity (Wildman–Crippen MR) is 127 cm³/mol. The molecule has 2 aliphatic heterocycles. The van der Waals surface area contributed by atoms with Gasteiger partial charge in [0.05, 0.1) is 13.7 Å². The summed E-state index contributed by atoms with van der Waals surface area (Å²) in [5.41, 5.74) is 0. The quantitative estimate of drug-likeness (QED) is 0.343. The van der Waals surface area contributed by atoms with Gasteiger partial charge in [-0.05, 0) is 44.0 Å². The second kappa shape index (κ2) is 12.2. The lowest BCUT2D eigenvalue weighted by Crippen LogP contribution is -2.55. The second-order valence-corrected chi connectivity index (χ2v) is 7.35. The fraction of sp³-hybridized carbons (Fsp3) is 0.619. The smallest absolute Gasteiger partial charge is 0.251 e. The second-order valence-electron chi connectivity index (χ2n) is 7.35. The van der Waals surface area contributed by atoms with E-state index in [9.17, 15) is 4.79 Å². The van der Waals surface area contributed by atoms with Crippen LogP contribution < -0.4 is 14.8 Å². The third-order valence-corrected chi connectivity index (χ3v) is 5.25. The number of rotatable bonds is 6. The van der Waals surface area contributed by atoms with Gasteiger partial charge in [-0.25, -0.2) is 0 Å². The molecule has 9 heteroatoms. The van der Waals surface area contributed by atoms with E-state index in [0.29, 0.717) is 26.2 Å². The van der Waals surface area contributed by atoms with E-state index in [1.54, 1.807) is 14.2 Å². The average molecular weight is 532 g/mol. The van der Waals surface area contributed by atoms with Gasteiger partial charge in [-0.1, -0.05) is 0 Å². The van der Waals surface area contributed by atoms with Gasteiger partial charge in [-0.15, -0.1) is 24.0 Å². The van der Waals surface area contributed by atoms with Crippen molar-refractivity contribution in [3.63, 3.8) is 0 Å². The first-order valence-electron chi connectivity index (χ1n) is 10.3. The highest BCUT2D eigenvalue weighted by Gasteiger charge is 2.30. The first-order chi connectivity index (χ1) is 14.1. The molecule has 0 bridgehead atoms. The highest BCUT2D eigenvalue weighted by atomic mass is 127. The number of amides is 1. The molecule has 1 aromatic rings. The minimum absolute atomic E-state index is 0. The number of halogens is 1. The molecule has 1 aromatic carbocycles. The Morgan fingerprint density at radius 3 is 2.40 bits per heavy atom. The van der Waals surface area contributed by atoms with E-state index in [2.05, 4.69) is 15.2 Å². The van der Waals surface area contributed by atoms with E-state index in [1.807, 2.05) is 36.1 Å². The van der Waals surface area contributed by atoms with Crippen molar-refractivity contribution in [1.29, 1.82) is 0 Å². The average Bonchev–Trinajstić information content (AvgIpc) is 3.29. The Morgan fingerprint density at radius 1 is 1.20 bits per heavy atom. The maximum Gasteiger partial charge on any atom is 0.251 e. The minimum atomic E-state index is -0.241. The number of nitrogens with zero attached hydrogens (tertiary/aromatic N) is 3. The van der Waals surface area contributed by atoms with Crippen LogP contribution in [0.25, 0.3) is 0 Å². The van der Waals surface area contributed by atoms with Gasteiger partial charge in [-0.3, -0.25) is 9.79 Å². The van der Waals surface area contributed by atoms with Crippen LogP contribution in [0.4, 0.5) is 0 Å². The van der Waals surface area contributed by atoms with Crippen molar-refractivity contribution < 1.29 is 19.0 Å². The molecule has 30 heavy (non-hydrogen) atoms. The van der Waals surface area contributed by atoms with Crippen molar-refractivity contribution >= 4 is 35.8 Å². The molecule has 3 rings (SSSR count). The van der Waals surface area contributed by atoms with E-state index < -0.39 is 0 Å². The SMILES string of the molecule is CN=C(NCC(C)Oc1ccc(OC)cc1)N1CCN(C(=O)C2CCCO2)CC1.I. The molecule has 1 N–H and O–H groups in total. The summed E-state index contributed by atoms with van der Waals surface area (Å²) in [5.74, 6) is 2.57. The molecule has 0 spiro atoms. The summed E-state index contributed by atoms with van der Waals surface area (Å²) >= 11 is 0. The highest BCUT2D eigenvalue weighted by Crippen LogP contribution is 2.18. The van der Waals surface area contributed by atoms with Gasteiger partial charge in [0.1, 0.15) is 23.7 Å². The van der Waals surface area contributed by atoms with E-state index in [1.165, 1.54) is 0 Å². The van der Waals surface area contributed by atoms with Crippen molar-refractivity contribution in [3.05, 3.63) is 24.3 Å². The van der Waals surface area contributed by atoms with Crippen LogP contribution in [0.3, 0.4) is 0 Å². The summed E-state index contributed by atoms with van der Waals surface area (Å²) in [7, 11) is 3.42. The fourth-order valence-electron chi connectivity index (χ4n) is 3.61. The van der Waals surface area contributed by atoms with Crippen LogP contribution >= 0.6 is 24.0 Å². The van der Waals surface area contributed by atoms with Crippen LogP contribution in [-0.2, 0) is 9.53 Å². The van der Waals surface area contributed by atoms with Crippen molar-refractivity contribution in [3.8, 4) is 11.5 Å². The third-order valence-electron chi connectivity index (χ3n) is 5.25. The fourth-order valence-corrected chi connectivity index (χ4v) is 3.61.